The van der Waals surface area contributed by atoms with Crippen LogP contribution in [-0.4, -0.2) is 5.92 Å². The van der Waals surface area contributed by atoms with Gasteiger partial charge < -0.3 is 0 Å². The zero-order chi connectivity index (χ0) is 16.7. The monoisotopic (exact) mass is 405 g/mol. The quantitative estimate of drug-likeness (QED) is 0.438. The molecule has 0 amide bonds. The molecule has 0 nitrogen and oxygen atoms in total. The molecular formula is C21H35SiZr. The van der Waals surface area contributed by atoms with Crippen molar-refractivity contribution in [1.82, 2.24) is 0 Å². The van der Waals surface area contributed by atoms with Crippen LogP contribution in [0.15, 0.2) is 44.8 Å². The van der Waals surface area contributed by atoms with Crippen LogP contribution in [0.3, 0.4) is 0 Å². The third-order valence-electron chi connectivity index (χ3n) is 7.87. The van der Waals surface area contributed by atoms with Crippen molar-refractivity contribution in [2.75, 3.05) is 0 Å². The van der Waals surface area contributed by atoms with Gasteiger partial charge in [-0.25, -0.2) is 0 Å². The van der Waals surface area contributed by atoms with Gasteiger partial charge in [0.15, 0.2) is 0 Å². The first-order valence-corrected chi connectivity index (χ1v) is 24.5. The fourth-order valence-electron chi connectivity index (χ4n) is 5.46. The summed E-state index contributed by atoms with van der Waals surface area (Å²) in [6.45, 7) is 7.67. The Bertz CT molecular complexity index is 603. The zero-order valence-electron chi connectivity index (χ0n) is 15.9. The first kappa shape index (κ1) is 17.9. The molecule has 0 aliphatic heterocycles. The van der Waals surface area contributed by atoms with Crippen molar-refractivity contribution in [2.45, 2.75) is 71.4 Å². The van der Waals surface area contributed by atoms with E-state index in [2.05, 4.69) is 59.7 Å². The van der Waals surface area contributed by atoms with Crippen LogP contribution in [0.5, 0.6) is 0 Å². The van der Waals surface area contributed by atoms with Crippen LogP contribution < -0.4 is 0 Å². The van der Waals surface area contributed by atoms with E-state index in [1.165, 1.54) is 38.5 Å². The van der Waals surface area contributed by atoms with Crippen molar-refractivity contribution in [1.29, 1.82) is 0 Å². The van der Waals surface area contributed by atoms with Crippen molar-refractivity contribution < 1.29 is 17.9 Å². The van der Waals surface area contributed by atoms with Gasteiger partial charge in [-0.2, -0.15) is 0 Å². The summed E-state index contributed by atoms with van der Waals surface area (Å²) < 4.78 is 8.62. The van der Waals surface area contributed by atoms with Crippen molar-refractivity contribution in [3.8, 4) is 0 Å². The van der Waals surface area contributed by atoms with Crippen LogP contribution in [-0.2, 0) is 17.9 Å². The summed E-state index contributed by atoms with van der Waals surface area (Å²) >= 11 is -2.88. The fraction of sp³-hybridized carbons (Fsp3) is 0.619. The van der Waals surface area contributed by atoms with Crippen LogP contribution in [0, 0.1) is 5.92 Å². The predicted octanol–water partition coefficient (Wildman–Crippen LogP) is 6.85. The number of hydrogen-bond donors (Lipinski definition) is 0. The number of fused-ring (bicyclic) bond motifs is 1. The number of hydrogen-bond acceptors (Lipinski definition) is 0. The molecule has 1 saturated carbocycles. The van der Waals surface area contributed by atoms with Gasteiger partial charge in [0.25, 0.3) is 0 Å². The molecule has 1 fully saturated rings. The second kappa shape index (κ2) is 6.41. The van der Waals surface area contributed by atoms with E-state index in [4.69, 9.17) is 0 Å². The first-order valence-electron chi connectivity index (χ1n) is 9.84. The zero-order valence-corrected chi connectivity index (χ0v) is 19.5. The van der Waals surface area contributed by atoms with E-state index in [0.29, 0.717) is 0 Å². The van der Waals surface area contributed by atoms with Gasteiger partial charge in [-0.1, -0.05) is 0 Å². The Morgan fingerprint density at radius 3 is 2.70 bits per heavy atom. The molecule has 0 heterocycles. The Morgan fingerprint density at radius 1 is 1.22 bits per heavy atom. The molecule has 2 atom stereocenters. The maximum atomic E-state index is 2.85. The summed E-state index contributed by atoms with van der Waals surface area (Å²) in [5.41, 5.74) is 3.52. The van der Waals surface area contributed by atoms with E-state index in [9.17, 15) is 0 Å². The van der Waals surface area contributed by atoms with Crippen molar-refractivity contribution in [3.05, 3.63) is 44.8 Å². The van der Waals surface area contributed by atoms with Crippen molar-refractivity contribution in [2.24, 2.45) is 5.92 Å². The second-order valence-electron chi connectivity index (χ2n) is 9.32. The van der Waals surface area contributed by atoms with E-state index in [1.54, 1.807) is 5.57 Å². The molecule has 0 spiro atoms. The minimum absolute atomic E-state index is 0.693. The molecule has 127 valence electrons. The molecule has 0 aromatic rings. The summed E-state index contributed by atoms with van der Waals surface area (Å²) in [5, 5.41) is 0. The average molecular weight is 407 g/mol. The average Bonchev–Trinajstić information content (AvgIpc) is 3.15. The Labute approximate surface area is 145 Å². The molecule has 3 aliphatic carbocycles. The normalized spacial score (nSPS) is 29.0. The van der Waals surface area contributed by atoms with E-state index >= 15 is 0 Å². The molecule has 2 unspecified atom stereocenters. The van der Waals surface area contributed by atoms with Crippen molar-refractivity contribution in [3.63, 3.8) is 0 Å². The molecule has 0 saturated heterocycles. The Hall–Kier alpha value is 0.0600. The van der Waals surface area contributed by atoms with Crippen molar-refractivity contribution >= 4 is 5.92 Å². The molecule has 0 aromatic heterocycles. The molecule has 3 rings (SSSR count). The van der Waals surface area contributed by atoms with Gasteiger partial charge in [-0.05, 0) is 0 Å². The van der Waals surface area contributed by atoms with E-state index < -0.39 is 23.9 Å². The van der Waals surface area contributed by atoms with E-state index in [1.807, 2.05) is 8.85 Å². The SMILES string of the molecule is CCCC1=CC[C]([Zr]([CH3])([CH3])([CH]2CCC3CC=CC=C32)[SiH](C)C)=C1. The summed E-state index contributed by atoms with van der Waals surface area (Å²) in [4.78, 5) is 0. The number of rotatable bonds is 5. The van der Waals surface area contributed by atoms with Gasteiger partial charge in [0.2, 0.25) is 0 Å². The van der Waals surface area contributed by atoms with Gasteiger partial charge in [-0.15, -0.1) is 0 Å². The molecular weight excluding hydrogens is 372 g/mol. The maximum absolute atomic E-state index is 2.88. The predicted molar refractivity (Wildman–Crippen MR) is 105 cm³/mol. The van der Waals surface area contributed by atoms with E-state index in [0.717, 1.165) is 9.54 Å². The van der Waals surface area contributed by atoms with Gasteiger partial charge in [0.05, 0.1) is 0 Å². The van der Waals surface area contributed by atoms with Crippen LogP contribution >= 0.6 is 0 Å². The summed E-state index contributed by atoms with van der Waals surface area (Å²) in [6.07, 6.45) is 20.7. The molecule has 0 N–H and O–H groups in total. The molecule has 0 bridgehead atoms. The van der Waals surface area contributed by atoms with Gasteiger partial charge >= 0.3 is 146 Å². The third kappa shape index (κ3) is 2.82. The topological polar surface area (TPSA) is 0 Å². The molecule has 3 aliphatic rings. The number of allylic oxidation sites excluding steroid dienone is 8. The van der Waals surface area contributed by atoms with Gasteiger partial charge in [0.1, 0.15) is 0 Å². The second-order valence-corrected chi connectivity index (χ2v) is 46.8. The minimum atomic E-state index is -2.88. The Balaban J connectivity index is 2.01. The molecule has 0 radical (unpaired) electrons. The first-order chi connectivity index (χ1) is 10.9. The molecule has 2 heteroatoms. The summed E-state index contributed by atoms with van der Waals surface area (Å²) in [7, 11) is 0. The third-order valence-corrected chi connectivity index (χ3v) is 54.8. The van der Waals surface area contributed by atoms with Crippen LogP contribution in [0.2, 0.25) is 26.0 Å². The standard InChI is InChI=1S/C9H11.C8H11.C2H7Si.2CH3.Zr/c1-2-5-9-7-3-6-8(9)4-1;1-2-5-8-6-3-4-7-8;1-3-2;;;/h1-2,4,6,9H,3,5,7H2;6-7H,2-3,5H2,1H3;3H,1-2H3;2*1H3;. The summed E-state index contributed by atoms with van der Waals surface area (Å²) in [5.74, 6) is 0.192. The molecule has 0 aromatic carbocycles. The van der Waals surface area contributed by atoms with Gasteiger partial charge in [-0.3, -0.25) is 0 Å². The molecule has 23 heavy (non-hydrogen) atoms. The van der Waals surface area contributed by atoms with E-state index in [-0.39, 0.29) is 0 Å². The Kier molecular flexibility index (Phi) is 4.98. The fourth-order valence-corrected chi connectivity index (χ4v) is 32.2. The van der Waals surface area contributed by atoms with Crippen LogP contribution in [0.25, 0.3) is 0 Å². The van der Waals surface area contributed by atoms with Crippen LogP contribution in [0.1, 0.15) is 45.4 Å². The van der Waals surface area contributed by atoms with Crippen LogP contribution in [0.4, 0.5) is 0 Å². The Morgan fingerprint density at radius 2 is 2.00 bits per heavy atom. The summed E-state index contributed by atoms with van der Waals surface area (Å²) in [6, 6.07) is 0. The van der Waals surface area contributed by atoms with Gasteiger partial charge in [0, 0.05) is 0 Å².